The molecule has 1 rings (SSSR count). The highest BCUT2D eigenvalue weighted by Gasteiger charge is 2.44. The van der Waals surface area contributed by atoms with Gasteiger partial charge >= 0.3 is 0 Å². The van der Waals surface area contributed by atoms with Crippen LogP contribution in [-0.2, 0) is 0 Å². The van der Waals surface area contributed by atoms with Gasteiger partial charge in [0.2, 0.25) is 0 Å². The van der Waals surface area contributed by atoms with Crippen molar-refractivity contribution in [1.29, 1.82) is 0 Å². The molecule has 0 saturated heterocycles. The highest BCUT2D eigenvalue weighted by atomic mass is 14.8. The molecule has 0 aromatic rings. The largest absolute Gasteiger partial charge is 0.329 e. The molecule has 0 amide bonds. The third kappa shape index (κ3) is 1.57. The fourth-order valence-corrected chi connectivity index (χ4v) is 2.44. The van der Waals surface area contributed by atoms with Crippen LogP contribution in [0, 0.1) is 11.3 Å². The van der Waals surface area contributed by atoms with Crippen molar-refractivity contribution < 1.29 is 0 Å². The number of hydrogen-bond acceptors (Lipinski definition) is 2. The van der Waals surface area contributed by atoms with Gasteiger partial charge < -0.3 is 11.5 Å². The Bertz CT molecular complexity index is 154. The van der Waals surface area contributed by atoms with Gasteiger partial charge in [-0.2, -0.15) is 0 Å². The Morgan fingerprint density at radius 3 is 2.18 bits per heavy atom. The van der Waals surface area contributed by atoms with E-state index in [4.69, 9.17) is 11.5 Å². The summed E-state index contributed by atoms with van der Waals surface area (Å²) in [5.41, 5.74) is 12.1. The fourth-order valence-electron chi connectivity index (χ4n) is 2.44. The first-order chi connectivity index (χ1) is 4.90. The molecule has 0 spiro atoms. The third-order valence-electron chi connectivity index (χ3n) is 3.03. The standard InChI is InChI=1S/C9H20N2/c1-7-4-8(2,3)5-9(7,11)6-10/h7H,4-6,10-11H2,1-3H3. The second kappa shape index (κ2) is 2.46. The van der Waals surface area contributed by atoms with Gasteiger partial charge in [0.25, 0.3) is 0 Å². The van der Waals surface area contributed by atoms with E-state index in [0.717, 1.165) is 6.42 Å². The molecule has 0 radical (unpaired) electrons. The van der Waals surface area contributed by atoms with E-state index in [1.807, 2.05) is 0 Å². The third-order valence-corrected chi connectivity index (χ3v) is 3.03. The maximum atomic E-state index is 6.15. The van der Waals surface area contributed by atoms with Gasteiger partial charge in [0.15, 0.2) is 0 Å². The second-order valence-corrected chi connectivity index (χ2v) is 4.88. The first-order valence-corrected chi connectivity index (χ1v) is 4.39. The number of rotatable bonds is 1. The molecule has 0 aromatic heterocycles. The lowest BCUT2D eigenvalue weighted by Crippen LogP contribution is -2.49. The van der Waals surface area contributed by atoms with Crippen molar-refractivity contribution >= 4 is 0 Å². The van der Waals surface area contributed by atoms with E-state index >= 15 is 0 Å². The summed E-state index contributed by atoms with van der Waals surface area (Å²) in [7, 11) is 0. The summed E-state index contributed by atoms with van der Waals surface area (Å²) in [6, 6.07) is 0. The van der Waals surface area contributed by atoms with Crippen LogP contribution in [-0.4, -0.2) is 12.1 Å². The van der Waals surface area contributed by atoms with E-state index in [9.17, 15) is 0 Å². The number of hydrogen-bond donors (Lipinski definition) is 2. The van der Waals surface area contributed by atoms with Crippen molar-refractivity contribution in [2.24, 2.45) is 22.8 Å². The first-order valence-electron chi connectivity index (χ1n) is 4.39. The lowest BCUT2D eigenvalue weighted by atomic mass is 9.87. The van der Waals surface area contributed by atoms with Crippen molar-refractivity contribution in [2.75, 3.05) is 6.54 Å². The van der Waals surface area contributed by atoms with Crippen molar-refractivity contribution in [3.8, 4) is 0 Å². The van der Waals surface area contributed by atoms with Crippen molar-refractivity contribution in [1.82, 2.24) is 0 Å². The minimum atomic E-state index is -0.0938. The smallest absolute Gasteiger partial charge is 0.0309 e. The van der Waals surface area contributed by atoms with E-state index < -0.39 is 0 Å². The Morgan fingerprint density at radius 2 is 2.00 bits per heavy atom. The predicted molar refractivity (Wildman–Crippen MR) is 48.2 cm³/mol. The molecule has 0 aliphatic heterocycles. The van der Waals surface area contributed by atoms with E-state index in [0.29, 0.717) is 17.9 Å². The van der Waals surface area contributed by atoms with E-state index in [1.165, 1.54) is 6.42 Å². The quantitative estimate of drug-likeness (QED) is 0.597. The Morgan fingerprint density at radius 1 is 1.45 bits per heavy atom. The Kier molecular flexibility index (Phi) is 2.01. The second-order valence-electron chi connectivity index (χ2n) is 4.88. The van der Waals surface area contributed by atoms with Crippen LogP contribution in [0.4, 0.5) is 0 Å². The molecular weight excluding hydrogens is 136 g/mol. The van der Waals surface area contributed by atoms with Gasteiger partial charge in [0, 0.05) is 12.1 Å². The molecule has 1 saturated carbocycles. The van der Waals surface area contributed by atoms with Crippen molar-refractivity contribution in [3.05, 3.63) is 0 Å². The maximum Gasteiger partial charge on any atom is 0.0309 e. The summed E-state index contributed by atoms with van der Waals surface area (Å²) in [5, 5.41) is 0. The van der Waals surface area contributed by atoms with E-state index in [1.54, 1.807) is 0 Å². The summed E-state index contributed by atoms with van der Waals surface area (Å²) >= 11 is 0. The molecule has 2 atom stereocenters. The van der Waals surface area contributed by atoms with Crippen LogP contribution in [0.25, 0.3) is 0 Å². The van der Waals surface area contributed by atoms with Gasteiger partial charge in [0.1, 0.15) is 0 Å². The molecule has 0 heterocycles. The van der Waals surface area contributed by atoms with Gasteiger partial charge in [0.05, 0.1) is 0 Å². The average molecular weight is 156 g/mol. The van der Waals surface area contributed by atoms with Crippen LogP contribution < -0.4 is 11.5 Å². The normalized spacial score (nSPS) is 42.8. The van der Waals surface area contributed by atoms with Crippen LogP contribution in [0.2, 0.25) is 0 Å². The highest BCUT2D eigenvalue weighted by molar-refractivity contribution is 5.02. The van der Waals surface area contributed by atoms with Gasteiger partial charge in [-0.05, 0) is 24.2 Å². The Hall–Kier alpha value is -0.0800. The van der Waals surface area contributed by atoms with Gasteiger partial charge in [-0.15, -0.1) is 0 Å². The first kappa shape index (κ1) is 9.01. The molecule has 2 nitrogen and oxygen atoms in total. The van der Waals surface area contributed by atoms with E-state index in [-0.39, 0.29) is 5.54 Å². The average Bonchev–Trinajstić information content (AvgIpc) is 2.03. The molecule has 1 fully saturated rings. The highest BCUT2D eigenvalue weighted by Crippen LogP contribution is 2.45. The SMILES string of the molecule is CC1CC(C)(C)CC1(N)CN. The molecule has 2 unspecified atom stereocenters. The molecule has 11 heavy (non-hydrogen) atoms. The zero-order chi connectivity index (χ0) is 8.70. The van der Waals surface area contributed by atoms with Crippen molar-refractivity contribution in [2.45, 2.75) is 39.2 Å². The Labute approximate surface area is 69.3 Å². The molecular formula is C9H20N2. The minimum absolute atomic E-state index is 0.0938. The zero-order valence-electron chi connectivity index (χ0n) is 7.85. The minimum Gasteiger partial charge on any atom is -0.329 e. The van der Waals surface area contributed by atoms with E-state index in [2.05, 4.69) is 20.8 Å². The monoisotopic (exact) mass is 156 g/mol. The van der Waals surface area contributed by atoms with Crippen LogP contribution in [0.5, 0.6) is 0 Å². The molecule has 4 N–H and O–H groups in total. The number of nitrogens with two attached hydrogens (primary N) is 2. The van der Waals surface area contributed by atoms with Crippen molar-refractivity contribution in [3.63, 3.8) is 0 Å². The van der Waals surface area contributed by atoms with Crippen LogP contribution in [0.3, 0.4) is 0 Å². The lowest BCUT2D eigenvalue weighted by Gasteiger charge is -2.27. The summed E-state index contributed by atoms with van der Waals surface area (Å²) in [6.45, 7) is 7.38. The molecule has 1 aliphatic rings. The molecule has 2 heteroatoms. The van der Waals surface area contributed by atoms with Crippen LogP contribution in [0.1, 0.15) is 33.6 Å². The van der Waals surface area contributed by atoms with Crippen LogP contribution >= 0.6 is 0 Å². The molecule has 0 bridgehead atoms. The molecule has 66 valence electrons. The molecule has 0 aromatic carbocycles. The van der Waals surface area contributed by atoms with Gasteiger partial charge in [-0.25, -0.2) is 0 Å². The summed E-state index contributed by atoms with van der Waals surface area (Å²) < 4.78 is 0. The predicted octanol–water partition coefficient (Wildman–Crippen LogP) is 1.10. The lowest BCUT2D eigenvalue weighted by molar-refractivity contribution is 0.329. The topological polar surface area (TPSA) is 52.0 Å². The summed E-state index contributed by atoms with van der Waals surface area (Å²) in [5.74, 6) is 0.572. The zero-order valence-corrected chi connectivity index (χ0v) is 7.85. The molecule has 1 aliphatic carbocycles. The summed E-state index contributed by atoms with van der Waals surface area (Å²) in [6.07, 6.45) is 2.28. The van der Waals surface area contributed by atoms with Gasteiger partial charge in [-0.3, -0.25) is 0 Å². The summed E-state index contributed by atoms with van der Waals surface area (Å²) in [4.78, 5) is 0. The van der Waals surface area contributed by atoms with Gasteiger partial charge in [-0.1, -0.05) is 20.8 Å². The Balaban J connectivity index is 2.73. The maximum absolute atomic E-state index is 6.15. The fraction of sp³-hybridized carbons (Fsp3) is 1.00. The van der Waals surface area contributed by atoms with Crippen LogP contribution in [0.15, 0.2) is 0 Å².